The molecule has 0 atom stereocenters. The van der Waals surface area contributed by atoms with Gasteiger partial charge in [-0.25, -0.2) is 4.98 Å². The Morgan fingerprint density at radius 1 is 1.22 bits per heavy atom. The number of rotatable bonds is 3. The van der Waals surface area contributed by atoms with Gasteiger partial charge in [-0.3, -0.25) is 10.1 Å². The molecule has 114 valence electrons. The van der Waals surface area contributed by atoms with E-state index in [0.717, 1.165) is 26.0 Å². The van der Waals surface area contributed by atoms with Crippen LogP contribution in [0.15, 0.2) is 53.6 Å². The summed E-state index contributed by atoms with van der Waals surface area (Å²) < 4.78 is 1.08. The fraction of sp³-hybridized carbons (Fsp3) is 0.0588. The van der Waals surface area contributed by atoms with Crippen molar-refractivity contribution in [2.75, 3.05) is 11.6 Å². The Morgan fingerprint density at radius 2 is 2.09 bits per heavy atom. The van der Waals surface area contributed by atoms with Gasteiger partial charge in [-0.1, -0.05) is 35.6 Å². The number of amides is 1. The number of nitrogens with one attached hydrogen (secondary N) is 2. The Balaban J connectivity index is 1.69. The minimum atomic E-state index is -0.146. The van der Waals surface area contributed by atoms with Gasteiger partial charge in [0.05, 0.1) is 15.8 Å². The highest BCUT2D eigenvalue weighted by Gasteiger charge is 2.14. The van der Waals surface area contributed by atoms with Crippen LogP contribution in [0.2, 0.25) is 0 Å². The molecule has 0 fully saturated rings. The van der Waals surface area contributed by atoms with Crippen molar-refractivity contribution in [1.82, 2.24) is 9.97 Å². The second-order valence-electron chi connectivity index (χ2n) is 5.03. The number of carbonyl (C=O) groups excluding carboxylic acids is 1. The lowest BCUT2D eigenvalue weighted by Crippen LogP contribution is -2.10. The predicted octanol–water partition coefficient (Wildman–Crippen LogP) is 4.75. The molecule has 0 saturated heterocycles. The molecule has 0 aliphatic heterocycles. The summed E-state index contributed by atoms with van der Waals surface area (Å²) in [5, 5.41) is 4.45. The number of hydrogen-bond donors (Lipinski definition) is 2. The molecule has 1 amide bonds. The van der Waals surface area contributed by atoms with E-state index in [1.807, 2.05) is 48.7 Å². The monoisotopic (exact) mass is 339 g/mol. The maximum Gasteiger partial charge on any atom is 0.259 e. The van der Waals surface area contributed by atoms with Gasteiger partial charge in [0.15, 0.2) is 5.13 Å². The van der Waals surface area contributed by atoms with E-state index in [1.165, 1.54) is 11.3 Å². The summed E-state index contributed by atoms with van der Waals surface area (Å²) in [6.45, 7) is 0. The van der Waals surface area contributed by atoms with Gasteiger partial charge in [-0.2, -0.15) is 0 Å². The lowest BCUT2D eigenvalue weighted by molar-refractivity contribution is 0.102. The van der Waals surface area contributed by atoms with E-state index >= 15 is 0 Å². The van der Waals surface area contributed by atoms with E-state index in [-0.39, 0.29) is 5.91 Å². The van der Waals surface area contributed by atoms with Crippen molar-refractivity contribution in [2.24, 2.45) is 0 Å². The van der Waals surface area contributed by atoms with Gasteiger partial charge >= 0.3 is 0 Å². The first-order valence-corrected chi connectivity index (χ1v) is 9.11. The molecular formula is C17H13N3OS2. The maximum absolute atomic E-state index is 12.6. The first kappa shape index (κ1) is 14.3. The molecule has 0 saturated carbocycles. The highest BCUT2D eigenvalue weighted by molar-refractivity contribution is 7.98. The number of H-pyrrole nitrogens is 1. The number of benzene rings is 2. The van der Waals surface area contributed by atoms with E-state index in [9.17, 15) is 4.79 Å². The number of nitrogens with zero attached hydrogens (tertiary/aromatic N) is 1. The van der Waals surface area contributed by atoms with Gasteiger partial charge in [0.2, 0.25) is 0 Å². The largest absolute Gasteiger partial charge is 0.360 e. The average molecular weight is 339 g/mol. The van der Waals surface area contributed by atoms with Gasteiger partial charge in [-0.05, 0) is 24.5 Å². The number of fused-ring (bicyclic) bond motifs is 2. The zero-order valence-electron chi connectivity index (χ0n) is 12.3. The number of thioether (sulfide) groups is 1. The number of anilines is 1. The molecular weight excluding hydrogens is 326 g/mol. The van der Waals surface area contributed by atoms with E-state index < -0.39 is 0 Å². The van der Waals surface area contributed by atoms with Gasteiger partial charge in [0.25, 0.3) is 5.91 Å². The maximum atomic E-state index is 12.6. The summed E-state index contributed by atoms with van der Waals surface area (Å²) in [5.41, 5.74) is 2.52. The fourth-order valence-corrected chi connectivity index (χ4v) is 4.08. The number of aromatic nitrogens is 2. The molecule has 2 aromatic heterocycles. The number of para-hydroxylation sites is 2. The molecule has 0 spiro atoms. The minimum absolute atomic E-state index is 0.146. The van der Waals surface area contributed by atoms with Crippen molar-refractivity contribution in [1.29, 1.82) is 0 Å². The Hall–Kier alpha value is -2.31. The highest BCUT2D eigenvalue weighted by Crippen LogP contribution is 2.32. The summed E-state index contributed by atoms with van der Waals surface area (Å²) in [5.74, 6) is -0.146. The summed E-state index contributed by atoms with van der Waals surface area (Å²) in [6.07, 6.45) is 3.76. The van der Waals surface area contributed by atoms with Crippen LogP contribution < -0.4 is 5.32 Å². The van der Waals surface area contributed by atoms with Crippen LogP contribution in [0.3, 0.4) is 0 Å². The third-order valence-corrected chi connectivity index (χ3v) is 5.36. The highest BCUT2D eigenvalue weighted by atomic mass is 32.2. The summed E-state index contributed by atoms with van der Waals surface area (Å²) >= 11 is 3.15. The number of aromatic amines is 1. The molecule has 4 nitrogen and oxygen atoms in total. The molecule has 4 rings (SSSR count). The van der Waals surface area contributed by atoms with Crippen LogP contribution in [0, 0.1) is 0 Å². The SMILES string of the molecule is CSc1cccc2sc(NC(=O)c3c[nH]c4ccccc34)nc12. The zero-order chi connectivity index (χ0) is 15.8. The normalized spacial score (nSPS) is 11.2. The molecule has 2 N–H and O–H groups in total. The fourth-order valence-electron chi connectivity index (χ4n) is 2.57. The van der Waals surface area contributed by atoms with Crippen LogP contribution in [0.5, 0.6) is 0 Å². The molecule has 23 heavy (non-hydrogen) atoms. The van der Waals surface area contributed by atoms with Gasteiger partial charge < -0.3 is 4.98 Å². The average Bonchev–Trinajstić information content (AvgIpc) is 3.17. The number of carbonyl (C=O) groups is 1. The molecule has 0 radical (unpaired) electrons. The Labute approximate surface area is 140 Å². The van der Waals surface area contributed by atoms with Crippen molar-refractivity contribution in [3.63, 3.8) is 0 Å². The topological polar surface area (TPSA) is 57.8 Å². The number of hydrogen-bond acceptors (Lipinski definition) is 4. The van der Waals surface area contributed by atoms with Crippen LogP contribution in [-0.4, -0.2) is 22.1 Å². The lowest BCUT2D eigenvalue weighted by atomic mass is 10.2. The van der Waals surface area contributed by atoms with Crippen molar-refractivity contribution < 1.29 is 4.79 Å². The van der Waals surface area contributed by atoms with Crippen LogP contribution in [0.1, 0.15) is 10.4 Å². The first-order valence-electron chi connectivity index (χ1n) is 7.07. The summed E-state index contributed by atoms with van der Waals surface area (Å²) in [7, 11) is 0. The van der Waals surface area contributed by atoms with Crippen molar-refractivity contribution in [3.05, 3.63) is 54.2 Å². The van der Waals surface area contributed by atoms with Gasteiger partial charge in [0.1, 0.15) is 0 Å². The lowest BCUT2D eigenvalue weighted by Gasteiger charge is -1.99. The third kappa shape index (κ3) is 2.50. The van der Waals surface area contributed by atoms with E-state index in [4.69, 9.17) is 0 Å². The quantitative estimate of drug-likeness (QED) is 0.530. The van der Waals surface area contributed by atoms with E-state index in [1.54, 1.807) is 18.0 Å². The second-order valence-corrected chi connectivity index (χ2v) is 6.91. The standard InChI is InChI=1S/C17H13N3OS2/c1-22-13-7-4-8-14-15(13)19-17(23-14)20-16(21)11-9-18-12-6-3-2-5-10(11)12/h2-9,18H,1H3,(H,19,20,21). The van der Waals surface area contributed by atoms with Crippen LogP contribution in [0.25, 0.3) is 21.1 Å². The Bertz CT molecular complexity index is 1020. The minimum Gasteiger partial charge on any atom is -0.360 e. The van der Waals surface area contributed by atoms with Crippen molar-refractivity contribution in [3.8, 4) is 0 Å². The Kier molecular flexibility index (Phi) is 3.55. The zero-order valence-corrected chi connectivity index (χ0v) is 13.9. The van der Waals surface area contributed by atoms with Crippen LogP contribution >= 0.6 is 23.1 Å². The van der Waals surface area contributed by atoms with Crippen molar-refractivity contribution >= 4 is 55.3 Å². The van der Waals surface area contributed by atoms with Crippen LogP contribution in [-0.2, 0) is 0 Å². The summed E-state index contributed by atoms with van der Waals surface area (Å²) in [4.78, 5) is 21.4. The predicted molar refractivity (Wildman–Crippen MR) is 97.7 cm³/mol. The molecule has 2 aromatic carbocycles. The molecule has 6 heteroatoms. The van der Waals surface area contributed by atoms with E-state index in [0.29, 0.717) is 10.7 Å². The van der Waals surface area contributed by atoms with E-state index in [2.05, 4.69) is 15.3 Å². The molecule has 0 aliphatic carbocycles. The molecule has 0 bridgehead atoms. The summed E-state index contributed by atoms with van der Waals surface area (Å²) in [6, 6.07) is 13.8. The molecule has 0 aliphatic rings. The molecule has 4 aromatic rings. The van der Waals surface area contributed by atoms with Gasteiger partial charge in [-0.15, -0.1) is 11.8 Å². The molecule has 2 heterocycles. The smallest absolute Gasteiger partial charge is 0.259 e. The molecule has 0 unspecified atom stereocenters. The number of thiazole rings is 1. The first-order chi connectivity index (χ1) is 11.3. The van der Waals surface area contributed by atoms with Gasteiger partial charge in [0, 0.05) is 22.0 Å². The van der Waals surface area contributed by atoms with Crippen molar-refractivity contribution in [2.45, 2.75) is 4.90 Å². The third-order valence-electron chi connectivity index (χ3n) is 3.66. The van der Waals surface area contributed by atoms with Crippen LogP contribution in [0.4, 0.5) is 5.13 Å². The Morgan fingerprint density at radius 3 is 2.96 bits per heavy atom. The second kappa shape index (κ2) is 5.72.